The van der Waals surface area contributed by atoms with Gasteiger partial charge in [-0.1, -0.05) is 48.2 Å². The van der Waals surface area contributed by atoms with E-state index in [-0.39, 0.29) is 11.5 Å². The molecule has 0 atom stereocenters. The summed E-state index contributed by atoms with van der Waals surface area (Å²) in [7, 11) is 0. The van der Waals surface area contributed by atoms with Crippen LogP contribution in [-0.4, -0.2) is 15.2 Å². The van der Waals surface area contributed by atoms with Gasteiger partial charge in [0.2, 0.25) is 0 Å². The number of phenols is 2. The van der Waals surface area contributed by atoms with E-state index in [1.165, 1.54) is 11.8 Å². The van der Waals surface area contributed by atoms with Crippen molar-refractivity contribution in [1.82, 2.24) is 4.98 Å². The lowest BCUT2D eigenvalue weighted by Gasteiger charge is -2.08. The third-order valence-corrected chi connectivity index (χ3v) is 5.56. The van der Waals surface area contributed by atoms with Crippen molar-refractivity contribution in [1.29, 1.82) is 0 Å². The van der Waals surface area contributed by atoms with Crippen molar-refractivity contribution >= 4 is 44.1 Å². The Hall–Kier alpha value is -2.24. The molecule has 0 aliphatic heterocycles. The zero-order valence-electron chi connectivity index (χ0n) is 11.4. The lowest BCUT2D eigenvalue weighted by Crippen LogP contribution is -1.80. The number of thiazole rings is 1. The van der Waals surface area contributed by atoms with Crippen molar-refractivity contribution < 1.29 is 10.2 Å². The first-order valence-electron chi connectivity index (χ1n) is 6.69. The molecule has 1 heterocycles. The largest absolute Gasteiger partial charge is 0.507 e. The first-order valence-corrected chi connectivity index (χ1v) is 8.33. The summed E-state index contributed by atoms with van der Waals surface area (Å²) in [5, 5.41) is 21.9. The number of rotatable bonds is 2. The van der Waals surface area contributed by atoms with Gasteiger partial charge >= 0.3 is 0 Å². The monoisotopic (exact) mass is 325 g/mol. The average Bonchev–Trinajstić information content (AvgIpc) is 2.95. The van der Waals surface area contributed by atoms with E-state index in [4.69, 9.17) is 0 Å². The summed E-state index contributed by atoms with van der Waals surface area (Å²) in [6, 6.07) is 16.8. The Morgan fingerprint density at radius 1 is 0.909 bits per heavy atom. The molecular formula is C17H11NO2S2. The van der Waals surface area contributed by atoms with Gasteiger partial charge in [-0.2, -0.15) is 0 Å². The summed E-state index contributed by atoms with van der Waals surface area (Å²) in [6.07, 6.45) is 0. The Morgan fingerprint density at radius 3 is 2.45 bits per heavy atom. The molecule has 108 valence electrons. The van der Waals surface area contributed by atoms with Crippen LogP contribution >= 0.6 is 23.1 Å². The highest BCUT2D eigenvalue weighted by Gasteiger charge is 2.14. The van der Waals surface area contributed by atoms with Gasteiger partial charge in [0.25, 0.3) is 0 Å². The van der Waals surface area contributed by atoms with Gasteiger partial charge in [-0.15, -0.1) is 11.3 Å². The van der Waals surface area contributed by atoms with Crippen LogP contribution < -0.4 is 0 Å². The van der Waals surface area contributed by atoms with E-state index in [1.54, 1.807) is 29.5 Å². The van der Waals surface area contributed by atoms with Crippen LogP contribution in [0, 0.1) is 0 Å². The number of hydrogen-bond donors (Lipinski definition) is 2. The van der Waals surface area contributed by atoms with Crippen molar-refractivity contribution in [2.45, 2.75) is 9.24 Å². The normalized spacial score (nSPS) is 11.3. The molecule has 0 fully saturated rings. The molecule has 0 bridgehead atoms. The van der Waals surface area contributed by atoms with Crippen molar-refractivity contribution in [2.24, 2.45) is 0 Å². The maximum Gasteiger partial charge on any atom is 0.156 e. The van der Waals surface area contributed by atoms with Crippen molar-refractivity contribution in [3.8, 4) is 11.5 Å². The van der Waals surface area contributed by atoms with E-state index in [9.17, 15) is 10.2 Å². The maximum absolute atomic E-state index is 10.5. The van der Waals surface area contributed by atoms with Crippen LogP contribution in [0.5, 0.6) is 11.5 Å². The molecule has 4 rings (SSSR count). The van der Waals surface area contributed by atoms with Crippen LogP contribution in [0.15, 0.2) is 63.8 Å². The van der Waals surface area contributed by atoms with Gasteiger partial charge < -0.3 is 10.2 Å². The summed E-state index contributed by atoms with van der Waals surface area (Å²) >= 11 is 2.94. The quantitative estimate of drug-likeness (QED) is 0.509. The van der Waals surface area contributed by atoms with Crippen LogP contribution in [0.1, 0.15) is 0 Å². The summed E-state index contributed by atoms with van der Waals surface area (Å²) in [5.41, 5.74) is 0.944. The number of hydrogen-bond acceptors (Lipinski definition) is 5. The third kappa shape index (κ3) is 2.19. The highest BCUT2D eigenvalue weighted by molar-refractivity contribution is 8.01. The Balaban J connectivity index is 1.82. The van der Waals surface area contributed by atoms with Gasteiger partial charge in [-0.3, -0.25) is 0 Å². The molecule has 1 aromatic heterocycles. The van der Waals surface area contributed by atoms with Crippen LogP contribution in [-0.2, 0) is 0 Å². The van der Waals surface area contributed by atoms with Gasteiger partial charge in [0.1, 0.15) is 11.5 Å². The predicted molar refractivity (Wildman–Crippen MR) is 91.0 cm³/mol. The van der Waals surface area contributed by atoms with Crippen molar-refractivity contribution in [3.63, 3.8) is 0 Å². The lowest BCUT2D eigenvalue weighted by atomic mass is 10.1. The van der Waals surface area contributed by atoms with Crippen LogP contribution in [0.3, 0.4) is 0 Å². The Labute approximate surface area is 134 Å². The Bertz CT molecular complexity index is 961. The molecule has 0 aliphatic rings. The second kappa shape index (κ2) is 5.19. The van der Waals surface area contributed by atoms with Crippen molar-refractivity contribution in [3.05, 3.63) is 54.6 Å². The summed E-state index contributed by atoms with van der Waals surface area (Å²) < 4.78 is 1.95. The molecule has 4 aromatic rings. The number of aromatic hydroxyl groups is 2. The fraction of sp³-hybridized carbons (Fsp3) is 0. The van der Waals surface area contributed by atoms with Gasteiger partial charge in [-0.25, -0.2) is 4.98 Å². The Morgan fingerprint density at radius 2 is 1.64 bits per heavy atom. The van der Waals surface area contributed by atoms with Gasteiger partial charge in [0, 0.05) is 10.8 Å². The first-order chi connectivity index (χ1) is 10.7. The van der Waals surface area contributed by atoms with E-state index in [2.05, 4.69) is 4.98 Å². The predicted octanol–water partition coefficient (Wildman–Crippen LogP) is 5.01. The molecule has 5 heteroatoms. The summed E-state index contributed by atoms with van der Waals surface area (Å²) in [6.45, 7) is 0. The highest BCUT2D eigenvalue weighted by Crippen LogP contribution is 2.44. The molecule has 2 N–H and O–H groups in total. The topological polar surface area (TPSA) is 53.4 Å². The molecule has 3 nitrogen and oxygen atoms in total. The fourth-order valence-electron chi connectivity index (χ4n) is 2.38. The summed E-state index contributed by atoms with van der Waals surface area (Å²) in [4.78, 5) is 5.15. The molecule has 0 spiro atoms. The van der Waals surface area contributed by atoms with E-state index in [0.717, 1.165) is 14.6 Å². The van der Waals surface area contributed by atoms with Crippen molar-refractivity contribution in [2.75, 3.05) is 0 Å². The van der Waals surface area contributed by atoms with E-state index in [1.807, 2.05) is 36.4 Å². The van der Waals surface area contributed by atoms with Crippen LogP contribution in [0.2, 0.25) is 0 Å². The third-order valence-electron chi connectivity index (χ3n) is 3.43. The second-order valence-corrected chi connectivity index (χ2v) is 7.16. The number of benzene rings is 3. The number of fused-ring (bicyclic) bond motifs is 2. The smallest absolute Gasteiger partial charge is 0.156 e. The van der Waals surface area contributed by atoms with Gasteiger partial charge in [-0.05, 0) is 18.2 Å². The fourth-order valence-corrected chi connectivity index (χ4v) is 4.49. The molecule has 0 saturated heterocycles. The molecular weight excluding hydrogens is 314 g/mol. The molecule has 0 unspecified atom stereocenters. The standard InChI is InChI=1S/C17H11NO2S2/c19-13-9-15(16(20)11-6-2-1-5-10(11)13)22-17-18-12-7-3-4-8-14(12)21-17/h1-9,19-20H. The van der Waals surface area contributed by atoms with E-state index >= 15 is 0 Å². The van der Waals surface area contributed by atoms with E-state index < -0.39 is 0 Å². The van der Waals surface area contributed by atoms with Crippen LogP contribution in [0.25, 0.3) is 21.0 Å². The lowest BCUT2D eigenvalue weighted by molar-refractivity contribution is 0.458. The first kappa shape index (κ1) is 13.4. The van der Waals surface area contributed by atoms with Gasteiger partial charge in [0.15, 0.2) is 4.34 Å². The number of phenolic OH excluding ortho intramolecular Hbond substituents is 2. The number of aromatic nitrogens is 1. The minimum atomic E-state index is 0.164. The second-order valence-electron chi connectivity index (χ2n) is 4.84. The molecule has 0 radical (unpaired) electrons. The molecule has 0 saturated carbocycles. The molecule has 0 aliphatic carbocycles. The van der Waals surface area contributed by atoms with E-state index in [0.29, 0.717) is 15.7 Å². The number of nitrogens with zero attached hydrogens (tertiary/aromatic N) is 1. The number of para-hydroxylation sites is 1. The average molecular weight is 325 g/mol. The summed E-state index contributed by atoms with van der Waals surface area (Å²) in [5.74, 6) is 0.342. The molecule has 22 heavy (non-hydrogen) atoms. The minimum Gasteiger partial charge on any atom is -0.507 e. The van der Waals surface area contributed by atoms with Crippen LogP contribution in [0.4, 0.5) is 0 Å². The van der Waals surface area contributed by atoms with Gasteiger partial charge in [0.05, 0.1) is 15.1 Å². The minimum absolute atomic E-state index is 0.164. The maximum atomic E-state index is 10.5. The zero-order chi connectivity index (χ0) is 15.1. The molecule has 0 amide bonds. The Kier molecular flexibility index (Phi) is 3.17. The molecule has 3 aromatic carbocycles. The highest BCUT2D eigenvalue weighted by atomic mass is 32.2. The zero-order valence-corrected chi connectivity index (χ0v) is 13.0. The SMILES string of the molecule is Oc1cc(Sc2nc3ccccc3s2)c(O)c2ccccc12.